The molecule has 0 spiro atoms. The zero-order valence-corrected chi connectivity index (χ0v) is 20.3. The highest BCUT2D eigenvalue weighted by molar-refractivity contribution is 7.18. The summed E-state index contributed by atoms with van der Waals surface area (Å²) in [6.45, 7) is 4.39. The van der Waals surface area contributed by atoms with Crippen molar-refractivity contribution in [3.05, 3.63) is 76.5 Å². The van der Waals surface area contributed by atoms with Gasteiger partial charge in [-0.15, -0.1) is 21.5 Å². The van der Waals surface area contributed by atoms with Crippen LogP contribution in [0.2, 0.25) is 5.02 Å². The third kappa shape index (κ3) is 4.74. The van der Waals surface area contributed by atoms with E-state index in [1.165, 1.54) is 5.56 Å². The lowest BCUT2D eigenvalue weighted by atomic mass is 10.1. The number of halogens is 1. The lowest BCUT2D eigenvalue weighted by Gasteiger charge is -2.05. The largest absolute Gasteiger partial charge is 0.330 e. The highest BCUT2D eigenvalue weighted by Crippen LogP contribution is 2.38. The van der Waals surface area contributed by atoms with E-state index in [4.69, 9.17) is 27.4 Å². The number of aryl methyl sites for hydroxylation is 1. The summed E-state index contributed by atoms with van der Waals surface area (Å²) >= 11 is 7.68. The second-order valence-corrected chi connectivity index (χ2v) is 9.52. The fraction of sp³-hybridized carbons (Fsp3) is 0.250. The van der Waals surface area contributed by atoms with Gasteiger partial charge in [-0.3, -0.25) is 0 Å². The Hall–Kier alpha value is -3.11. The second kappa shape index (κ2) is 10.0. The van der Waals surface area contributed by atoms with Crippen LogP contribution in [-0.2, 0) is 13.0 Å². The number of thiazole rings is 1. The molecule has 10 heteroatoms. The van der Waals surface area contributed by atoms with E-state index in [1.807, 2.05) is 41.9 Å². The van der Waals surface area contributed by atoms with E-state index in [1.54, 1.807) is 17.7 Å². The molecule has 34 heavy (non-hydrogen) atoms. The molecule has 4 heterocycles. The Kier molecular flexibility index (Phi) is 6.68. The highest BCUT2D eigenvalue weighted by Gasteiger charge is 2.21. The number of aromatic amines is 1. The maximum absolute atomic E-state index is 6.08. The number of aromatic nitrogens is 6. The minimum atomic E-state index is 0.665. The molecule has 4 aromatic heterocycles. The first-order chi connectivity index (χ1) is 16.6. The molecule has 0 saturated carbocycles. The standard InChI is InChI=1S/C24H25ClN8S/c1-15-21(20-12-17(7-10-33(20)32-15)13-27-9-2-8-26)24-30-19(11-16-3-5-18(25)6-4-16)22(34-24)23-28-14-29-31-23/h3-7,10,12,14,27H,2,8-9,11,13,26H2,1H3,(H,28,29,31). The predicted octanol–water partition coefficient (Wildman–Crippen LogP) is 4.23. The van der Waals surface area contributed by atoms with Crippen LogP contribution in [0.15, 0.2) is 48.9 Å². The molecule has 0 saturated heterocycles. The zero-order valence-electron chi connectivity index (χ0n) is 18.8. The second-order valence-electron chi connectivity index (χ2n) is 8.08. The van der Waals surface area contributed by atoms with E-state index in [0.717, 1.165) is 57.4 Å². The number of fused-ring (bicyclic) bond motifs is 1. The monoisotopic (exact) mass is 492 g/mol. The lowest BCUT2D eigenvalue weighted by molar-refractivity contribution is 0.655. The van der Waals surface area contributed by atoms with Gasteiger partial charge in [0.2, 0.25) is 0 Å². The van der Waals surface area contributed by atoms with Crippen molar-refractivity contribution in [2.45, 2.75) is 26.3 Å². The Balaban J connectivity index is 1.54. The zero-order chi connectivity index (χ0) is 23.5. The third-order valence-corrected chi connectivity index (χ3v) is 6.96. The predicted molar refractivity (Wildman–Crippen MR) is 136 cm³/mol. The van der Waals surface area contributed by atoms with Gasteiger partial charge in [0.05, 0.1) is 27.3 Å². The molecule has 8 nitrogen and oxygen atoms in total. The molecule has 5 rings (SSSR count). The Labute approximate surface area is 206 Å². The van der Waals surface area contributed by atoms with Crippen LogP contribution in [0.5, 0.6) is 0 Å². The lowest BCUT2D eigenvalue weighted by Crippen LogP contribution is -2.17. The van der Waals surface area contributed by atoms with Crippen LogP contribution in [0.1, 0.15) is 28.9 Å². The normalized spacial score (nSPS) is 11.5. The van der Waals surface area contributed by atoms with Crippen LogP contribution in [0, 0.1) is 6.92 Å². The Morgan fingerprint density at radius 3 is 2.79 bits per heavy atom. The molecule has 0 unspecified atom stereocenters. The molecule has 174 valence electrons. The van der Waals surface area contributed by atoms with Gasteiger partial charge in [-0.25, -0.2) is 9.50 Å². The minimum Gasteiger partial charge on any atom is -0.330 e. The number of hydrogen-bond donors (Lipinski definition) is 3. The van der Waals surface area contributed by atoms with Crippen LogP contribution in [0.25, 0.3) is 26.8 Å². The maximum Gasteiger partial charge on any atom is 0.173 e. The van der Waals surface area contributed by atoms with E-state index >= 15 is 0 Å². The molecule has 4 N–H and O–H groups in total. The summed E-state index contributed by atoms with van der Waals surface area (Å²) in [5.41, 5.74) is 11.9. The van der Waals surface area contributed by atoms with Crippen molar-refractivity contribution < 1.29 is 0 Å². The van der Waals surface area contributed by atoms with Crippen LogP contribution < -0.4 is 11.1 Å². The molecule has 1 aromatic carbocycles. The van der Waals surface area contributed by atoms with E-state index in [0.29, 0.717) is 23.8 Å². The number of nitrogens with one attached hydrogen (secondary N) is 2. The smallest absolute Gasteiger partial charge is 0.173 e. The van der Waals surface area contributed by atoms with Crippen LogP contribution in [-0.4, -0.2) is 42.9 Å². The van der Waals surface area contributed by atoms with Crippen LogP contribution >= 0.6 is 22.9 Å². The summed E-state index contributed by atoms with van der Waals surface area (Å²) in [6.07, 6.45) is 5.22. The first-order valence-corrected chi connectivity index (χ1v) is 12.3. The fourth-order valence-electron chi connectivity index (χ4n) is 3.92. The Bertz CT molecular complexity index is 1390. The van der Waals surface area contributed by atoms with Crippen molar-refractivity contribution in [2.24, 2.45) is 5.73 Å². The molecule has 0 bridgehead atoms. The molecule has 0 radical (unpaired) electrons. The molecule has 0 aliphatic carbocycles. The summed E-state index contributed by atoms with van der Waals surface area (Å²) in [4.78, 5) is 9.17. The number of rotatable bonds is 9. The van der Waals surface area contributed by atoms with Gasteiger partial charge in [-0.2, -0.15) is 5.10 Å². The topological polar surface area (TPSA) is 110 Å². The number of nitrogens with two attached hydrogens (primary N) is 1. The summed E-state index contributed by atoms with van der Waals surface area (Å²) in [6, 6.07) is 12.1. The average molecular weight is 493 g/mol. The molecular formula is C24H25ClN8S. The van der Waals surface area contributed by atoms with Crippen LogP contribution in [0.3, 0.4) is 0 Å². The Morgan fingerprint density at radius 2 is 2.03 bits per heavy atom. The molecular weight excluding hydrogens is 468 g/mol. The number of H-pyrrole nitrogens is 1. The average Bonchev–Trinajstić information content (AvgIpc) is 3.56. The molecule has 0 atom stereocenters. The number of pyridine rings is 1. The van der Waals surface area contributed by atoms with Gasteiger partial charge >= 0.3 is 0 Å². The van der Waals surface area contributed by atoms with Crippen molar-refractivity contribution >= 4 is 28.5 Å². The van der Waals surface area contributed by atoms with E-state index in [9.17, 15) is 0 Å². The number of nitrogens with zero attached hydrogens (tertiary/aromatic N) is 5. The molecule has 5 aromatic rings. The van der Waals surface area contributed by atoms with Gasteiger partial charge < -0.3 is 16.0 Å². The van der Waals surface area contributed by atoms with E-state index < -0.39 is 0 Å². The fourth-order valence-corrected chi connectivity index (χ4v) is 5.18. The van der Waals surface area contributed by atoms with Crippen molar-refractivity contribution in [2.75, 3.05) is 13.1 Å². The minimum absolute atomic E-state index is 0.665. The number of hydrogen-bond acceptors (Lipinski definition) is 7. The van der Waals surface area contributed by atoms with E-state index in [2.05, 4.69) is 32.6 Å². The quantitative estimate of drug-likeness (QED) is 0.265. The van der Waals surface area contributed by atoms with Gasteiger partial charge in [0.15, 0.2) is 5.82 Å². The number of benzene rings is 1. The highest BCUT2D eigenvalue weighted by atomic mass is 35.5. The van der Waals surface area contributed by atoms with Gasteiger partial charge in [0, 0.05) is 24.2 Å². The van der Waals surface area contributed by atoms with Crippen molar-refractivity contribution in [1.29, 1.82) is 0 Å². The van der Waals surface area contributed by atoms with Crippen molar-refractivity contribution in [3.63, 3.8) is 0 Å². The van der Waals surface area contributed by atoms with Gasteiger partial charge in [0.1, 0.15) is 11.3 Å². The summed E-state index contributed by atoms with van der Waals surface area (Å²) < 4.78 is 1.92. The third-order valence-electron chi connectivity index (χ3n) is 5.59. The van der Waals surface area contributed by atoms with Crippen molar-refractivity contribution in [3.8, 4) is 21.3 Å². The van der Waals surface area contributed by atoms with Crippen molar-refractivity contribution in [1.82, 2.24) is 35.1 Å². The summed E-state index contributed by atoms with van der Waals surface area (Å²) in [7, 11) is 0. The van der Waals surface area contributed by atoms with E-state index in [-0.39, 0.29) is 0 Å². The summed E-state index contributed by atoms with van der Waals surface area (Å²) in [5, 5.41) is 18.0. The summed E-state index contributed by atoms with van der Waals surface area (Å²) in [5.74, 6) is 0.714. The first-order valence-electron chi connectivity index (χ1n) is 11.1. The van der Waals surface area contributed by atoms with Gasteiger partial charge in [-0.05, 0) is 61.8 Å². The van der Waals surface area contributed by atoms with Gasteiger partial charge in [0.25, 0.3) is 0 Å². The molecule has 0 amide bonds. The maximum atomic E-state index is 6.08. The Morgan fingerprint density at radius 1 is 1.18 bits per heavy atom. The first kappa shape index (κ1) is 22.7. The van der Waals surface area contributed by atoms with Crippen LogP contribution in [0.4, 0.5) is 0 Å². The van der Waals surface area contributed by atoms with Gasteiger partial charge in [-0.1, -0.05) is 23.7 Å². The SMILES string of the molecule is Cc1nn2ccc(CNCCCN)cc2c1-c1nc(Cc2ccc(Cl)cc2)c(-c2nnc[nH]2)s1. The molecule has 0 fully saturated rings. The molecule has 0 aliphatic rings. The molecule has 0 aliphatic heterocycles.